The molecule has 1 atom stereocenters. The Labute approximate surface area is 109 Å². The summed E-state index contributed by atoms with van der Waals surface area (Å²) in [4.78, 5) is 6.94. The zero-order valence-electron chi connectivity index (χ0n) is 11.0. The summed E-state index contributed by atoms with van der Waals surface area (Å²) in [5.74, 6) is 0.909. The van der Waals surface area contributed by atoms with E-state index in [-0.39, 0.29) is 0 Å². The molecular weight excluding hydrogens is 224 g/mol. The standard InChI is InChI=1S/C15H22N2O/c1-2-15(18)14-8-7-13(9-16-14)17(12-5-6-12)10-11-3-4-11/h7-9,11-12,15,18H,2-6,10H2,1H3/t15-/m0/s1. The van der Waals surface area contributed by atoms with E-state index in [1.54, 1.807) is 0 Å². The quantitative estimate of drug-likeness (QED) is 0.838. The predicted molar refractivity (Wildman–Crippen MR) is 72.6 cm³/mol. The van der Waals surface area contributed by atoms with Crippen molar-refractivity contribution in [3.8, 4) is 0 Å². The van der Waals surface area contributed by atoms with Gasteiger partial charge in [-0.25, -0.2) is 0 Å². The fraction of sp³-hybridized carbons (Fsp3) is 0.667. The number of hydrogen-bond donors (Lipinski definition) is 1. The summed E-state index contributed by atoms with van der Waals surface area (Å²) in [7, 11) is 0. The highest BCUT2D eigenvalue weighted by Gasteiger charge is 2.33. The van der Waals surface area contributed by atoms with E-state index in [1.807, 2.05) is 19.2 Å². The number of nitrogens with zero attached hydrogens (tertiary/aromatic N) is 2. The minimum atomic E-state index is -0.420. The van der Waals surface area contributed by atoms with Gasteiger partial charge in [-0.1, -0.05) is 6.92 Å². The van der Waals surface area contributed by atoms with E-state index in [4.69, 9.17) is 0 Å². The molecule has 0 radical (unpaired) electrons. The molecule has 0 unspecified atom stereocenters. The van der Waals surface area contributed by atoms with Gasteiger partial charge in [0.1, 0.15) is 0 Å². The zero-order chi connectivity index (χ0) is 12.5. The highest BCUT2D eigenvalue weighted by molar-refractivity contribution is 5.47. The van der Waals surface area contributed by atoms with Gasteiger partial charge >= 0.3 is 0 Å². The average Bonchev–Trinajstić information content (AvgIpc) is 3.28. The lowest BCUT2D eigenvalue weighted by Gasteiger charge is -2.24. The summed E-state index contributed by atoms with van der Waals surface area (Å²) in [6.45, 7) is 3.17. The molecule has 0 amide bonds. The SMILES string of the molecule is CC[C@H](O)c1ccc(N(CC2CC2)C2CC2)cn1. The van der Waals surface area contributed by atoms with E-state index >= 15 is 0 Å². The van der Waals surface area contributed by atoms with E-state index in [9.17, 15) is 5.11 Å². The fourth-order valence-corrected chi connectivity index (χ4v) is 2.40. The summed E-state index contributed by atoms with van der Waals surface area (Å²) >= 11 is 0. The number of aliphatic hydroxyl groups excluding tert-OH is 1. The Balaban J connectivity index is 1.72. The molecule has 0 aliphatic heterocycles. The second-order valence-corrected chi connectivity index (χ2v) is 5.69. The van der Waals surface area contributed by atoms with Crippen LogP contribution in [0.5, 0.6) is 0 Å². The van der Waals surface area contributed by atoms with Crippen LogP contribution in [0.2, 0.25) is 0 Å². The fourth-order valence-electron chi connectivity index (χ4n) is 2.40. The lowest BCUT2D eigenvalue weighted by molar-refractivity contribution is 0.169. The molecule has 2 fully saturated rings. The highest BCUT2D eigenvalue weighted by atomic mass is 16.3. The molecule has 0 aromatic carbocycles. The van der Waals surface area contributed by atoms with Crippen LogP contribution >= 0.6 is 0 Å². The number of hydrogen-bond acceptors (Lipinski definition) is 3. The molecule has 0 spiro atoms. The molecule has 1 heterocycles. The van der Waals surface area contributed by atoms with Gasteiger partial charge in [0.2, 0.25) is 0 Å². The smallest absolute Gasteiger partial charge is 0.0957 e. The first-order valence-electron chi connectivity index (χ1n) is 7.18. The minimum Gasteiger partial charge on any atom is -0.387 e. The molecule has 1 N–H and O–H groups in total. The first-order valence-corrected chi connectivity index (χ1v) is 7.18. The Kier molecular flexibility index (Phi) is 3.25. The van der Waals surface area contributed by atoms with Crippen LogP contribution in [0.4, 0.5) is 5.69 Å². The third-order valence-electron chi connectivity index (χ3n) is 3.97. The molecule has 1 aromatic rings. The van der Waals surface area contributed by atoms with Crippen LogP contribution < -0.4 is 4.90 Å². The van der Waals surface area contributed by atoms with Crippen molar-refractivity contribution in [3.05, 3.63) is 24.0 Å². The molecule has 0 saturated heterocycles. The van der Waals surface area contributed by atoms with E-state index in [1.165, 1.54) is 37.9 Å². The topological polar surface area (TPSA) is 36.4 Å². The molecule has 3 rings (SSSR count). The monoisotopic (exact) mass is 246 g/mol. The first-order chi connectivity index (χ1) is 8.78. The van der Waals surface area contributed by atoms with Crippen molar-refractivity contribution < 1.29 is 5.11 Å². The molecule has 98 valence electrons. The maximum absolute atomic E-state index is 9.76. The van der Waals surface area contributed by atoms with Crippen LogP contribution in [0.25, 0.3) is 0 Å². The second-order valence-electron chi connectivity index (χ2n) is 5.69. The summed E-state index contributed by atoms with van der Waals surface area (Å²) in [6.07, 6.45) is 7.68. The van der Waals surface area contributed by atoms with Gasteiger partial charge in [0.15, 0.2) is 0 Å². The van der Waals surface area contributed by atoms with E-state index in [0.717, 1.165) is 24.1 Å². The Bertz CT molecular complexity index is 395. The van der Waals surface area contributed by atoms with Gasteiger partial charge in [-0.15, -0.1) is 0 Å². The van der Waals surface area contributed by atoms with Gasteiger partial charge in [0.25, 0.3) is 0 Å². The second kappa shape index (κ2) is 4.88. The summed E-state index contributed by atoms with van der Waals surface area (Å²) in [6, 6.07) is 4.85. The van der Waals surface area contributed by atoms with Crippen LogP contribution in [0.15, 0.2) is 18.3 Å². The van der Waals surface area contributed by atoms with Crippen molar-refractivity contribution in [2.45, 2.75) is 51.2 Å². The average molecular weight is 246 g/mol. The van der Waals surface area contributed by atoms with Crippen molar-refractivity contribution >= 4 is 5.69 Å². The van der Waals surface area contributed by atoms with Gasteiger partial charge in [-0.3, -0.25) is 4.98 Å². The number of aliphatic hydroxyl groups is 1. The van der Waals surface area contributed by atoms with Gasteiger partial charge in [0.05, 0.1) is 23.7 Å². The molecular formula is C15H22N2O. The maximum Gasteiger partial charge on any atom is 0.0957 e. The van der Waals surface area contributed by atoms with E-state index in [0.29, 0.717) is 0 Å². The lowest BCUT2D eigenvalue weighted by Crippen LogP contribution is -2.28. The molecule has 18 heavy (non-hydrogen) atoms. The van der Waals surface area contributed by atoms with Crippen LogP contribution in [-0.2, 0) is 0 Å². The van der Waals surface area contributed by atoms with E-state index < -0.39 is 6.10 Å². The van der Waals surface area contributed by atoms with Gasteiger partial charge < -0.3 is 10.0 Å². The van der Waals surface area contributed by atoms with Gasteiger partial charge in [0, 0.05) is 12.6 Å². The summed E-state index contributed by atoms with van der Waals surface area (Å²) < 4.78 is 0. The van der Waals surface area contributed by atoms with Gasteiger partial charge in [-0.2, -0.15) is 0 Å². The Morgan fingerprint density at radius 2 is 2.11 bits per heavy atom. The van der Waals surface area contributed by atoms with Crippen LogP contribution in [-0.4, -0.2) is 22.7 Å². The number of pyridine rings is 1. The van der Waals surface area contributed by atoms with Crippen molar-refractivity contribution in [2.24, 2.45) is 5.92 Å². The molecule has 3 heteroatoms. The largest absolute Gasteiger partial charge is 0.387 e. The molecule has 2 aliphatic carbocycles. The normalized spacial score (nSPS) is 20.8. The van der Waals surface area contributed by atoms with Crippen molar-refractivity contribution in [1.82, 2.24) is 4.98 Å². The number of anilines is 1. The number of rotatable bonds is 6. The zero-order valence-corrected chi connectivity index (χ0v) is 11.0. The Hall–Kier alpha value is -1.09. The first kappa shape index (κ1) is 12.0. The van der Waals surface area contributed by atoms with Crippen molar-refractivity contribution in [3.63, 3.8) is 0 Å². The molecule has 2 saturated carbocycles. The highest BCUT2D eigenvalue weighted by Crippen LogP contribution is 2.37. The van der Waals surface area contributed by atoms with Crippen molar-refractivity contribution in [2.75, 3.05) is 11.4 Å². The molecule has 2 aliphatic rings. The lowest BCUT2D eigenvalue weighted by atomic mass is 10.2. The Morgan fingerprint density at radius 1 is 1.33 bits per heavy atom. The third-order valence-corrected chi connectivity index (χ3v) is 3.97. The minimum absolute atomic E-state index is 0.420. The Morgan fingerprint density at radius 3 is 2.61 bits per heavy atom. The number of aromatic nitrogens is 1. The maximum atomic E-state index is 9.76. The molecule has 1 aromatic heterocycles. The van der Waals surface area contributed by atoms with Gasteiger partial charge in [-0.05, 0) is 50.2 Å². The molecule has 3 nitrogen and oxygen atoms in total. The molecule has 0 bridgehead atoms. The van der Waals surface area contributed by atoms with Crippen LogP contribution in [0.3, 0.4) is 0 Å². The van der Waals surface area contributed by atoms with Crippen LogP contribution in [0, 0.1) is 5.92 Å². The summed E-state index contributed by atoms with van der Waals surface area (Å²) in [5.41, 5.74) is 2.03. The van der Waals surface area contributed by atoms with E-state index in [2.05, 4.69) is 16.0 Å². The third kappa shape index (κ3) is 2.66. The summed E-state index contributed by atoms with van der Waals surface area (Å²) in [5, 5.41) is 9.76. The van der Waals surface area contributed by atoms with Crippen molar-refractivity contribution in [1.29, 1.82) is 0 Å². The van der Waals surface area contributed by atoms with Crippen LogP contribution in [0.1, 0.15) is 50.8 Å². The predicted octanol–water partition coefficient (Wildman–Crippen LogP) is 2.90.